The zero-order chi connectivity index (χ0) is 32.8. The van der Waals surface area contributed by atoms with E-state index in [-0.39, 0.29) is 23.1 Å². The van der Waals surface area contributed by atoms with E-state index in [4.69, 9.17) is 4.74 Å². The number of rotatable bonds is 11. The normalized spacial score (nSPS) is 26.0. The molecular weight excluding hydrogens is 622 g/mol. The number of likely N-dealkylation sites (tertiary alicyclic amines) is 2. The molecule has 3 saturated heterocycles. The third-order valence-corrected chi connectivity index (χ3v) is 14.1. The topological polar surface area (TPSA) is 82.2 Å². The Labute approximate surface area is 277 Å². The third-order valence-electron chi connectivity index (χ3n) is 11.8. The van der Waals surface area contributed by atoms with E-state index in [0.29, 0.717) is 10.8 Å². The minimum atomic E-state index is -3.17. The molecule has 0 radical (unpaired) electrons. The van der Waals surface area contributed by atoms with Crippen molar-refractivity contribution in [2.24, 2.45) is 17.8 Å². The number of nitrogens with one attached hydrogen (secondary N) is 1. The van der Waals surface area contributed by atoms with E-state index in [9.17, 15) is 22.0 Å². The summed E-state index contributed by atoms with van der Waals surface area (Å²) in [7, 11) is -1.79. The molecule has 1 amide bonds. The maximum absolute atomic E-state index is 14.9. The maximum atomic E-state index is 14.9. The van der Waals surface area contributed by atoms with Gasteiger partial charge in [-0.25, -0.2) is 22.0 Å². The zero-order valence-electron chi connectivity index (χ0n) is 27.4. The van der Waals surface area contributed by atoms with Crippen LogP contribution in [0.1, 0.15) is 56.9 Å². The molecule has 5 aliphatic rings. The SMILES string of the molecule is COC(=O)N[C@H]1CCC[C@@H]1[C@](CN1CCC1)(c1cc(F)cc(F)c1)C1CCN(CC2CN(c3ccc(S(=O)(=O)C4CC4)cc3)C2)CC1. The van der Waals surface area contributed by atoms with Crippen LogP contribution in [0.3, 0.4) is 0 Å². The number of carbonyl (C=O) groups is 1. The average Bonchev–Trinajstić information content (AvgIpc) is 3.79. The molecule has 0 unspecified atom stereocenters. The van der Waals surface area contributed by atoms with Gasteiger partial charge in [0.05, 0.1) is 17.3 Å². The Hall–Kier alpha value is -2.76. The maximum Gasteiger partial charge on any atom is 0.407 e. The minimum absolute atomic E-state index is 0.0470. The molecule has 7 rings (SSSR count). The summed E-state index contributed by atoms with van der Waals surface area (Å²) >= 11 is 0. The van der Waals surface area contributed by atoms with Gasteiger partial charge in [-0.05, 0) is 125 Å². The van der Waals surface area contributed by atoms with Crippen molar-refractivity contribution >= 4 is 21.6 Å². The van der Waals surface area contributed by atoms with Gasteiger partial charge in [-0.15, -0.1) is 0 Å². The van der Waals surface area contributed by atoms with Crippen LogP contribution in [0.25, 0.3) is 0 Å². The molecule has 3 atom stereocenters. The summed E-state index contributed by atoms with van der Waals surface area (Å²) in [4.78, 5) is 20.1. The van der Waals surface area contributed by atoms with Crippen molar-refractivity contribution in [3.05, 3.63) is 59.7 Å². The Morgan fingerprint density at radius 3 is 2.17 bits per heavy atom. The van der Waals surface area contributed by atoms with Gasteiger partial charge in [0.2, 0.25) is 0 Å². The van der Waals surface area contributed by atoms with Gasteiger partial charge in [0.15, 0.2) is 9.84 Å². The Morgan fingerprint density at radius 2 is 1.57 bits per heavy atom. The predicted octanol–water partition coefficient (Wildman–Crippen LogP) is 5.22. The van der Waals surface area contributed by atoms with Gasteiger partial charge in [-0.3, -0.25) is 0 Å². The highest BCUT2D eigenvalue weighted by Gasteiger charge is 2.53. The predicted molar refractivity (Wildman–Crippen MR) is 177 cm³/mol. The molecule has 5 fully saturated rings. The van der Waals surface area contributed by atoms with Crippen molar-refractivity contribution in [1.82, 2.24) is 15.1 Å². The average molecular weight is 671 g/mol. The van der Waals surface area contributed by atoms with Crippen LogP contribution in [-0.2, 0) is 20.0 Å². The van der Waals surface area contributed by atoms with Gasteiger partial charge >= 0.3 is 6.09 Å². The molecule has 0 spiro atoms. The first-order chi connectivity index (χ1) is 22.7. The fourth-order valence-electron chi connectivity index (χ4n) is 9.09. The van der Waals surface area contributed by atoms with Gasteiger partial charge in [0.1, 0.15) is 11.6 Å². The molecule has 0 bridgehead atoms. The number of alkyl carbamates (subject to hydrolysis) is 1. The van der Waals surface area contributed by atoms with Crippen LogP contribution in [0.4, 0.5) is 19.3 Å². The molecule has 256 valence electrons. The summed E-state index contributed by atoms with van der Waals surface area (Å²) < 4.78 is 60.0. The number of methoxy groups -OCH3 is 1. The van der Waals surface area contributed by atoms with Crippen LogP contribution in [0.2, 0.25) is 0 Å². The summed E-state index contributed by atoms with van der Waals surface area (Å²) in [5.74, 6) is -0.294. The number of nitrogens with zero attached hydrogens (tertiary/aromatic N) is 3. The monoisotopic (exact) mass is 670 g/mol. The summed E-state index contributed by atoms with van der Waals surface area (Å²) in [5.41, 5.74) is 1.30. The standard InChI is InChI=1S/C36H48F2N4O4S/c1-46-35(43)39-34-5-2-4-33(34)36(24-41-14-3-15-41,27-18-28(37)20-29(38)19-27)26-12-16-40(17-13-26)21-25-22-42(23-25)30-6-8-31(9-7-30)47(44,45)32-10-11-32/h6-9,18-20,25-26,32-34H,2-5,10-17,21-24H2,1H3,(H,39,43)/t33-,34-,36-/m0/s1. The Bertz CT molecular complexity index is 1520. The number of amides is 1. The second-order valence-corrected chi connectivity index (χ2v) is 16.9. The number of hydrogen-bond acceptors (Lipinski definition) is 7. The first kappa shape index (κ1) is 32.8. The highest BCUT2D eigenvalue weighted by molar-refractivity contribution is 7.92. The lowest BCUT2D eigenvalue weighted by Gasteiger charge is -2.54. The molecule has 0 aromatic heterocycles. The van der Waals surface area contributed by atoms with Crippen LogP contribution in [-0.4, -0.2) is 95.1 Å². The molecule has 2 aromatic rings. The molecule has 8 nitrogen and oxygen atoms in total. The molecule has 1 N–H and O–H groups in total. The minimum Gasteiger partial charge on any atom is -0.453 e. The van der Waals surface area contributed by atoms with E-state index in [1.165, 1.54) is 7.11 Å². The van der Waals surface area contributed by atoms with E-state index in [0.717, 1.165) is 121 Å². The molecule has 11 heteroatoms. The highest BCUT2D eigenvalue weighted by atomic mass is 32.2. The van der Waals surface area contributed by atoms with Crippen LogP contribution in [0, 0.1) is 29.4 Å². The summed E-state index contributed by atoms with van der Waals surface area (Å²) in [6.45, 7) is 7.45. The van der Waals surface area contributed by atoms with Crippen molar-refractivity contribution in [3.8, 4) is 0 Å². The molecular formula is C36H48F2N4O4S. The smallest absolute Gasteiger partial charge is 0.407 e. The zero-order valence-corrected chi connectivity index (χ0v) is 28.2. The molecule has 3 aliphatic heterocycles. The fourth-order valence-corrected chi connectivity index (χ4v) is 10.7. The summed E-state index contributed by atoms with van der Waals surface area (Å²) in [6.07, 6.45) is 6.76. The van der Waals surface area contributed by atoms with Gasteiger partial charge in [-0.2, -0.15) is 0 Å². The first-order valence-corrected chi connectivity index (χ1v) is 19.0. The molecule has 2 saturated carbocycles. The van der Waals surface area contributed by atoms with Gasteiger partial charge < -0.3 is 24.8 Å². The summed E-state index contributed by atoms with van der Waals surface area (Å²) in [6, 6.07) is 11.4. The van der Waals surface area contributed by atoms with Gasteiger partial charge in [0, 0.05) is 55.3 Å². The van der Waals surface area contributed by atoms with Gasteiger partial charge in [-0.1, -0.05) is 6.42 Å². The fraction of sp³-hybridized carbons (Fsp3) is 0.639. The number of piperidine rings is 1. The molecule has 2 aromatic carbocycles. The van der Waals surface area contributed by atoms with Gasteiger partial charge in [0.25, 0.3) is 0 Å². The van der Waals surface area contributed by atoms with Crippen LogP contribution in [0.15, 0.2) is 47.4 Å². The van der Waals surface area contributed by atoms with Crippen molar-refractivity contribution in [1.29, 1.82) is 0 Å². The molecule has 47 heavy (non-hydrogen) atoms. The number of halogens is 2. The van der Waals surface area contributed by atoms with Crippen molar-refractivity contribution in [2.75, 3.05) is 64.4 Å². The van der Waals surface area contributed by atoms with Crippen LogP contribution < -0.4 is 10.2 Å². The van der Waals surface area contributed by atoms with E-state index in [2.05, 4.69) is 20.0 Å². The van der Waals surface area contributed by atoms with E-state index < -0.39 is 33.0 Å². The van der Waals surface area contributed by atoms with Crippen molar-refractivity contribution < 1.29 is 26.7 Å². The lowest BCUT2D eigenvalue weighted by Crippen LogP contribution is -2.60. The van der Waals surface area contributed by atoms with E-state index in [1.807, 2.05) is 12.1 Å². The number of ether oxygens (including phenoxy) is 1. The molecule has 3 heterocycles. The number of benzene rings is 2. The van der Waals surface area contributed by atoms with Crippen LogP contribution in [0.5, 0.6) is 0 Å². The lowest BCUT2D eigenvalue weighted by molar-refractivity contribution is 0.0221. The third kappa shape index (κ3) is 6.64. The van der Waals surface area contributed by atoms with Crippen molar-refractivity contribution in [2.45, 2.75) is 73.0 Å². The highest BCUT2D eigenvalue weighted by Crippen LogP contribution is 2.52. The summed E-state index contributed by atoms with van der Waals surface area (Å²) in [5, 5.41) is 2.91. The van der Waals surface area contributed by atoms with E-state index in [1.54, 1.807) is 24.3 Å². The molecule has 2 aliphatic carbocycles. The van der Waals surface area contributed by atoms with Crippen molar-refractivity contribution in [3.63, 3.8) is 0 Å². The quantitative estimate of drug-likeness (QED) is 0.351. The second-order valence-electron chi connectivity index (χ2n) is 14.7. The van der Waals surface area contributed by atoms with E-state index >= 15 is 0 Å². The Kier molecular flexibility index (Phi) is 9.25. The number of hydrogen-bond donors (Lipinski definition) is 1. The lowest BCUT2D eigenvalue weighted by atomic mass is 9.57. The largest absolute Gasteiger partial charge is 0.453 e. The first-order valence-electron chi connectivity index (χ1n) is 17.5. The number of sulfone groups is 1. The Morgan fingerprint density at radius 1 is 0.894 bits per heavy atom. The van der Waals surface area contributed by atoms with Crippen LogP contribution >= 0.6 is 0 Å². The second kappa shape index (κ2) is 13.3. The Balaban J connectivity index is 1.04. The number of carbonyl (C=O) groups excluding carboxylic acids is 1. The number of anilines is 1.